The molecule has 2 N–H and O–H groups in total. The Balaban J connectivity index is 1.65. The molecule has 0 bridgehead atoms. The number of imide groups is 1. The van der Waals surface area contributed by atoms with Crippen LogP contribution in [0, 0.1) is 5.92 Å². The van der Waals surface area contributed by atoms with Gasteiger partial charge in [0.05, 0.1) is 0 Å². The van der Waals surface area contributed by atoms with Crippen molar-refractivity contribution in [1.29, 1.82) is 0 Å². The fourth-order valence-corrected chi connectivity index (χ4v) is 4.32. The molecule has 2 aliphatic heterocycles. The number of likely N-dealkylation sites (N-methyl/N-ethyl adjacent to an activating group) is 1. The highest BCUT2D eigenvalue weighted by atomic mass is 16.2. The van der Waals surface area contributed by atoms with E-state index in [2.05, 4.69) is 0 Å². The molecule has 0 aromatic rings. The molecule has 4 amide bonds. The van der Waals surface area contributed by atoms with Gasteiger partial charge in [-0.1, -0.05) is 19.3 Å². The molecule has 3 rings (SSSR count). The predicted octanol–water partition coefficient (Wildman–Crippen LogP) is 0.781. The molecule has 24 heavy (non-hydrogen) atoms. The van der Waals surface area contributed by atoms with Crippen molar-refractivity contribution in [2.24, 2.45) is 11.7 Å². The standard InChI is InChI=1S/C17H28N4O3/c1-19-16(24)21(15(23)17(19)7-3-2-4-8-17)12-14(22)20-9-5-13(11-18)6-10-20/h13H,2-12,18H2,1H3. The lowest BCUT2D eigenvalue weighted by molar-refractivity contribution is -0.141. The van der Waals surface area contributed by atoms with Gasteiger partial charge in [-0.2, -0.15) is 0 Å². The number of rotatable bonds is 3. The summed E-state index contributed by atoms with van der Waals surface area (Å²) in [6, 6.07) is -0.327. The molecule has 0 aromatic heterocycles. The summed E-state index contributed by atoms with van der Waals surface area (Å²) < 4.78 is 0. The highest BCUT2D eigenvalue weighted by Crippen LogP contribution is 2.39. The third-order valence-electron chi connectivity index (χ3n) is 6.08. The Kier molecular flexibility index (Phi) is 4.80. The number of hydrogen-bond acceptors (Lipinski definition) is 4. The van der Waals surface area contributed by atoms with Crippen LogP contribution in [0.15, 0.2) is 0 Å². The first-order chi connectivity index (χ1) is 11.5. The summed E-state index contributed by atoms with van der Waals surface area (Å²) in [4.78, 5) is 42.5. The van der Waals surface area contributed by atoms with E-state index in [-0.39, 0.29) is 24.4 Å². The van der Waals surface area contributed by atoms with Crippen molar-refractivity contribution in [2.45, 2.75) is 50.5 Å². The zero-order valence-corrected chi connectivity index (χ0v) is 14.5. The normalized spacial score (nSPS) is 25.0. The van der Waals surface area contributed by atoms with Gasteiger partial charge in [0.25, 0.3) is 5.91 Å². The molecule has 2 saturated heterocycles. The number of piperidine rings is 1. The van der Waals surface area contributed by atoms with Gasteiger partial charge < -0.3 is 15.5 Å². The van der Waals surface area contributed by atoms with Crippen molar-refractivity contribution in [1.82, 2.24) is 14.7 Å². The first-order valence-corrected chi connectivity index (χ1v) is 9.07. The topological polar surface area (TPSA) is 87.0 Å². The molecule has 1 spiro atoms. The molecule has 3 fully saturated rings. The van der Waals surface area contributed by atoms with Crippen LogP contribution < -0.4 is 5.73 Å². The summed E-state index contributed by atoms with van der Waals surface area (Å²) in [7, 11) is 1.70. The van der Waals surface area contributed by atoms with E-state index < -0.39 is 5.54 Å². The zero-order valence-electron chi connectivity index (χ0n) is 14.5. The van der Waals surface area contributed by atoms with Gasteiger partial charge in [-0.3, -0.25) is 14.5 Å². The number of amides is 4. The highest BCUT2D eigenvalue weighted by molar-refractivity contribution is 6.08. The Hall–Kier alpha value is -1.63. The number of nitrogens with two attached hydrogens (primary N) is 1. The third-order valence-corrected chi connectivity index (χ3v) is 6.08. The van der Waals surface area contributed by atoms with Crippen LogP contribution in [0.4, 0.5) is 4.79 Å². The molecular formula is C17H28N4O3. The average Bonchev–Trinajstić information content (AvgIpc) is 2.79. The summed E-state index contributed by atoms with van der Waals surface area (Å²) >= 11 is 0. The third kappa shape index (κ3) is 2.79. The molecule has 2 heterocycles. The summed E-state index contributed by atoms with van der Waals surface area (Å²) in [6.45, 7) is 1.85. The first-order valence-electron chi connectivity index (χ1n) is 9.07. The molecule has 134 valence electrons. The SMILES string of the molecule is CN1C(=O)N(CC(=O)N2CCC(CN)CC2)C(=O)C12CCCCC2. The summed E-state index contributed by atoms with van der Waals surface area (Å²) in [5.41, 5.74) is 4.97. The van der Waals surface area contributed by atoms with Gasteiger partial charge in [0.1, 0.15) is 12.1 Å². The van der Waals surface area contributed by atoms with Crippen LogP contribution in [-0.4, -0.2) is 71.3 Å². The maximum Gasteiger partial charge on any atom is 0.327 e. The Morgan fingerprint density at radius 3 is 2.38 bits per heavy atom. The molecule has 3 aliphatic rings. The van der Waals surface area contributed by atoms with Crippen molar-refractivity contribution >= 4 is 17.8 Å². The fourth-order valence-electron chi connectivity index (χ4n) is 4.32. The van der Waals surface area contributed by atoms with Gasteiger partial charge in [0.2, 0.25) is 5.91 Å². The van der Waals surface area contributed by atoms with Gasteiger partial charge in [-0.25, -0.2) is 4.79 Å². The Morgan fingerprint density at radius 1 is 1.17 bits per heavy atom. The van der Waals surface area contributed by atoms with Crippen molar-refractivity contribution in [2.75, 3.05) is 33.2 Å². The molecule has 0 radical (unpaired) electrons. The van der Waals surface area contributed by atoms with E-state index >= 15 is 0 Å². The van der Waals surface area contributed by atoms with Crippen molar-refractivity contribution in [3.8, 4) is 0 Å². The quantitative estimate of drug-likeness (QED) is 0.772. The van der Waals surface area contributed by atoms with Crippen LogP contribution >= 0.6 is 0 Å². The molecule has 0 aromatic carbocycles. The van der Waals surface area contributed by atoms with E-state index in [1.54, 1.807) is 16.8 Å². The van der Waals surface area contributed by atoms with Crippen LogP contribution in [-0.2, 0) is 9.59 Å². The molecule has 7 nitrogen and oxygen atoms in total. The van der Waals surface area contributed by atoms with Gasteiger partial charge in [0, 0.05) is 20.1 Å². The smallest absolute Gasteiger partial charge is 0.327 e. The first kappa shape index (κ1) is 17.2. The Bertz CT molecular complexity index is 522. The van der Waals surface area contributed by atoms with Crippen molar-refractivity contribution in [3.63, 3.8) is 0 Å². The average molecular weight is 336 g/mol. The maximum atomic E-state index is 12.9. The molecule has 0 atom stereocenters. The lowest BCUT2D eigenvalue weighted by Gasteiger charge is -2.36. The van der Waals surface area contributed by atoms with E-state index in [1.165, 1.54) is 4.90 Å². The van der Waals surface area contributed by atoms with E-state index in [9.17, 15) is 14.4 Å². The molecule has 7 heteroatoms. The maximum absolute atomic E-state index is 12.9. The number of likely N-dealkylation sites (tertiary alicyclic amines) is 1. The van der Waals surface area contributed by atoms with E-state index in [1.807, 2.05) is 0 Å². The number of carbonyl (C=O) groups excluding carboxylic acids is 3. The van der Waals surface area contributed by atoms with E-state index in [4.69, 9.17) is 5.73 Å². The van der Waals surface area contributed by atoms with E-state index in [0.717, 1.165) is 32.1 Å². The van der Waals surface area contributed by atoms with Crippen LogP contribution in [0.5, 0.6) is 0 Å². The minimum Gasteiger partial charge on any atom is -0.341 e. The highest BCUT2D eigenvalue weighted by Gasteiger charge is 2.56. The number of carbonyl (C=O) groups is 3. The lowest BCUT2D eigenvalue weighted by atomic mass is 9.81. The van der Waals surface area contributed by atoms with Crippen molar-refractivity contribution < 1.29 is 14.4 Å². The summed E-state index contributed by atoms with van der Waals surface area (Å²) in [5.74, 6) is 0.161. The number of urea groups is 1. The lowest BCUT2D eigenvalue weighted by Crippen LogP contribution is -2.50. The monoisotopic (exact) mass is 336 g/mol. The van der Waals surface area contributed by atoms with Crippen LogP contribution in [0.1, 0.15) is 44.9 Å². The second-order valence-corrected chi connectivity index (χ2v) is 7.38. The van der Waals surface area contributed by atoms with E-state index in [0.29, 0.717) is 38.4 Å². The van der Waals surface area contributed by atoms with Gasteiger partial charge in [0.15, 0.2) is 0 Å². The Labute approximate surface area is 143 Å². The fraction of sp³-hybridized carbons (Fsp3) is 0.824. The van der Waals surface area contributed by atoms with Gasteiger partial charge >= 0.3 is 6.03 Å². The van der Waals surface area contributed by atoms with Gasteiger partial charge in [-0.15, -0.1) is 0 Å². The second kappa shape index (κ2) is 6.70. The molecular weight excluding hydrogens is 308 g/mol. The van der Waals surface area contributed by atoms with Crippen LogP contribution in [0.2, 0.25) is 0 Å². The second-order valence-electron chi connectivity index (χ2n) is 7.38. The Morgan fingerprint density at radius 2 is 1.79 bits per heavy atom. The van der Waals surface area contributed by atoms with Gasteiger partial charge in [-0.05, 0) is 38.1 Å². The molecule has 1 aliphatic carbocycles. The molecule has 0 unspecified atom stereocenters. The van der Waals surface area contributed by atoms with Crippen LogP contribution in [0.25, 0.3) is 0 Å². The number of hydrogen-bond donors (Lipinski definition) is 1. The predicted molar refractivity (Wildman–Crippen MR) is 89.0 cm³/mol. The summed E-state index contributed by atoms with van der Waals surface area (Å²) in [6.07, 6.45) is 6.23. The largest absolute Gasteiger partial charge is 0.341 e. The minimum absolute atomic E-state index is 0.128. The zero-order chi connectivity index (χ0) is 17.3. The number of nitrogens with zero attached hydrogens (tertiary/aromatic N) is 3. The van der Waals surface area contributed by atoms with Crippen molar-refractivity contribution in [3.05, 3.63) is 0 Å². The minimum atomic E-state index is -0.706. The van der Waals surface area contributed by atoms with Crippen LogP contribution in [0.3, 0.4) is 0 Å². The molecule has 1 saturated carbocycles. The summed E-state index contributed by atoms with van der Waals surface area (Å²) in [5, 5.41) is 0.